The molecule has 0 aromatic heterocycles. The summed E-state index contributed by atoms with van der Waals surface area (Å²) in [6, 6.07) is 1.26. The van der Waals surface area contributed by atoms with Gasteiger partial charge in [0, 0.05) is 12.1 Å². The molecule has 0 bridgehead atoms. The molecule has 82 valence electrons. The average Bonchev–Trinajstić information content (AvgIpc) is 2.16. The van der Waals surface area contributed by atoms with Crippen molar-refractivity contribution in [3.8, 4) is 5.75 Å². The third-order valence-electron chi connectivity index (χ3n) is 1.61. The maximum atomic E-state index is 13.0. The number of nitrogens with zero attached hydrogens (tertiary/aromatic N) is 1. The van der Waals surface area contributed by atoms with Gasteiger partial charge in [-0.1, -0.05) is 0 Å². The van der Waals surface area contributed by atoms with Gasteiger partial charge in [-0.2, -0.15) is 0 Å². The number of hydrogen-bond acceptors (Lipinski definition) is 5. The molecule has 0 spiro atoms. The van der Waals surface area contributed by atoms with Crippen LogP contribution in [-0.4, -0.2) is 20.8 Å². The summed E-state index contributed by atoms with van der Waals surface area (Å²) in [7, 11) is 1.12. The summed E-state index contributed by atoms with van der Waals surface area (Å²) in [5, 5.41) is 10.5. The molecule has 1 aromatic carbocycles. The number of hydrogen-bond donors (Lipinski definition) is 0. The third-order valence-corrected chi connectivity index (χ3v) is 2.28. The van der Waals surface area contributed by atoms with Crippen molar-refractivity contribution in [3.63, 3.8) is 0 Å². The predicted molar refractivity (Wildman–Crippen MR) is 46.8 cm³/mol. The van der Waals surface area contributed by atoms with Crippen molar-refractivity contribution in [3.05, 3.63) is 28.1 Å². The molecule has 0 radical (unpaired) electrons. The van der Waals surface area contributed by atoms with E-state index in [1.54, 1.807) is 0 Å². The SMILES string of the molecule is COc1cc(F)c(S(=O)[O-])cc1[N+](=O)[O-].[Na+]. The first kappa shape index (κ1) is 15.5. The average molecular weight is 257 g/mol. The van der Waals surface area contributed by atoms with E-state index in [9.17, 15) is 23.3 Å². The summed E-state index contributed by atoms with van der Waals surface area (Å²) in [4.78, 5) is 8.85. The number of halogens is 1. The summed E-state index contributed by atoms with van der Waals surface area (Å²) in [5.41, 5.74) is -0.599. The zero-order valence-corrected chi connectivity index (χ0v) is 11.2. The van der Waals surface area contributed by atoms with Crippen molar-refractivity contribution in [1.82, 2.24) is 0 Å². The van der Waals surface area contributed by atoms with Crippen LogP contribution in [0.3, 0.4) is 0 Å². The fourth-order valence-electron chi connectivity index (χ4n) is 0.958. The first-order chi connectivity index (χ1) is 6.97. The molecule has 16 heavy (non-hydrogen) atoms. The molecule has 0 N–H and O–H groups in total. The summed E-state index contributed by atoms with van der Waals surface area (Å²) >= 11 is -2.86. The van der Waals surface area contributed by atoms with Gasteiger partial charge in [-0.15, -0.1) is 0 Å². The van der Waals surface area contributed by atoms with Crippen LogP contribution in [0.5, 0.6) is 5.75 Å². The molecule has 0 saturated carbocycles. The van der Waals surface area contributed by atoms with E-state index in [1.165, 1.54) is 0 Å². The second-order valence-corrected chi connectivity index (χ2v) is 3.36. The fraction of sp³-hybridized carbons (Fsp3) is 0.143. The Morgan fingerprint density at radius 1 is 1.50 bits per heavy atom. The fourth-order valence-corrected chi connectivity index (χ4v) is 1.38. The molecule has 1 aromatic rings. The van der Waals surface area contributed by atoms with Gasteiger partial charge in [0.05, 0.1) is 16.9 Å². The van der Waals surface area contributed by atoms with Gasteiger partial charge in [0.2, 0.25) is 0 Å². The standard InChI is InChI=1S/C7H6FNO5S.Na/c1-14-6-2-4(8)7(15(12)13)3-5(6)9(10)11;/h2-3H,1H3,(H,12,13);/q;+1/p-1. The second kappa shape index (κ2) is 6.26. The molecule has 0 heterocycles. The predicted octanol–water partition coefficient (Wildman–Crippen LogP) is -2.02. The summed E-state index contributed by atoms with van der Waals surface area (Å²) in [5.74, 6) is -1.42. The van der Waals surface area contributed by atoms with Crippen LogP contribution in [0.25, 0.3) is 0 Å². The monoisotopic (exact) mass is 257 g/mol. The van der Waals surface area contributed by atoms with Crippen LogP contribution in [0.2, 0.25) is 0 Å². The molecule has 0 amide bonds. The second-order valence-electron chi connectivity index (χ2n) is 2.45. The maximum absolute atomic E-state index is 13.0. The Bertz CT molecular complexity index is 441. The van der Waals surface area contributed by atoms with E-state index in [1.807, 2.05) is 0 Å². The van der Waals surface area contributed by atoms with E-state index in [0.717, 1.165) is 7.11 Å². The Morgan fingerprint density at radius 2 is 2.06 bits per heavy atom. The van der Waals surface area contributed by atoms with Gasteiger partial charge in [-0.05, 0) is 11.1 Å². The quantitative estimate of drug-likeness (QED) is 0.270. The largest absolute Gasteiger partial charge is 1.00 e. The number of rotatable bonds is 3. The zero-order valence-electron chi connectivity index (χ0n) is 8.43. The zero-order chi connectivity index (χ0) is 11.6. The Labute approximate surface area is 115 Å². The maximum Gasteiger partial charge on any atom is 1.00 e. The van der Waals surface area contributed by atoms with Crippen molar-refractivity contribution in [2.45, 2.75) is 4.90 Å². The van der Waals surface area contributed by atoms with Gasteiger partial charge in [0.15, 0.2) is 5.75 Å². The van der Waals surface area contributed by atoms with Gasteiger partial charge in [-0.3, -0.25) is 14.3 Å². The molecular formula is C7H5FNNaO5S. The van der Waals surface area contributed by atoms with E-state index in [-0.39, 0.29) is 35.3 Å². The summed E-state index contributed by atoms with van der Waals surface area (Å²) in [6.45, 7) is 0. The van der Waals surface area contributed by atoms with E-state index < -0.39 is 32.4 Å². The number of benzene rings is 1. The molecule has 1 unspecified atom stereocenters. The van der Waals surface area contributed by atoms with Gasteiger partial charge in [-0.25, -0.2) is 4.39 Å². The van der Waals surface area contributed by atoms with E-state index in [4.69, 9.17) is 0 Å². The topological polar surface area (TPSA) is 92.5 Å². The molecule has 0 fully saturated rings. The Morgan fingerprint density at radius 3 is 2.44 bits per heavy atom. The van der Waals surface area contributed by atoms with Gasteiger partial charge in [0.25, 0.3) is 0 Å². The van der Waals surface area contributed by atoms with Crippen molar-refractivity contribution < 1.29 is 52.4 Å². The van der Waals surface area contributed by atoms with E-state index in [2.05, 4.69) is 4.74 Å². The molecule has 0 aliphatic heterocycles. The van der Waals surface area contributed by atoms with Gasteiger partial charge < -0.3 is 9.29 Å². The van der Waals surface area contributed by atoms with E-state index >= 15 is 0 Å². The molecular weight excluding hydrogens is 252 g/mol. The smallest absolute Gasteiger partial charge is 0.768 e. The van der Waals surface area contributed by atoms with Crippen LogP contribution >= 0.6 is 0 Å². The minimum absolute atomic E-state index is 0. The van der Waals surface area contributed by atoms with Gasteiger partial charge in [0.1, 0.15) is 5.82 Å². The molecule has 0 aliphatic rings. The van der Waals surface area contributed by atoms with E-state index in [0.29, 0.717) is 12.1 Å². The summed E-state index contributed by atoms with van der Waals surface area (Å²) in [6.07, 6.45) is 0. The molecule has 9 heteroatoms. The number of methoxy groups -OCH3 is 1. The van der Waals surface area contributed by atoms with Crippen LogP contribution in [0.1, 0.15) is 0 Å². The minimum atomic E-state index is -2.86. The van der Waals surface area contributed by atoms with Crippen molar-refractivity contribution in [1.29, 1.82) is 0 Å². The van der Waals surface area contributed by atoms with Crippen LogP contribution in [0, 0.1) is 15.9 Å². The Kier molecular flexibility index (Phi) is 6.05. The molecule has 1 atom stereocenters. The van der Waals surface area contributed by atoms with Crippen LogP contribution in [0.4, 0.5) is 10.1 Å². The molecule has 6 nitrogen and oxygen atoms in total. The minimum Gasteiger partial charge on any atom is -0.768 e. The molecule has 1 rings (SSSR count). The van der Waals surface area contributed by atoms with Crippen molar-refractivity contribution in [2.24, 2.45) is 0 Å². The van der Waals surface area contributed by atoms with Crippen molar-refractivity contribution >= 4 is 16.8 Å². The Balaban J connectivity index is 0.00000225. The first-order valence-corrected chi connectivity index (χ1v) is 4.66. The Hall–Kier alpha value is -0.540. The molecule has 0 saturated heterocycles. The number of ether oxygens (including phenoxy) is 1. The van der Waals surface area contributed by atoms with Crippen LogP contribution < -0.4 is 34.3 Å². The van der Waals surface area contributed by atoms with Crippen LogP contribution in [0.15, 0.2) is 17.0 Å². The van der Waals surface area contributed by atoms with Gasteiger partial charge >= 0.3 is 35.2 Å². The molecule has 0 aliphatic carbocycles. The normalized spacial score (nSPS) is 11.4. The third kappa shape index (κ3) is 3.22. The number of nitro groups is 1. The first-order valence-electron chi connectivity index (χ1n) is 3.58. The summed E-state index contributed by atoms with van der Waals surface area (Å²) < 4.78 is 38.6. The number of nitro benzene ring substituents is 1. The van der Waals surface area contributed by atoms with Crippen LogP contribution in [-0.2, 0) is 11.1 Å². The van der Waals surface area contributed by atoms with Crippen molar-refractivity contribution in [2.75, 3.05) is 7.11 Å².